The van der Waals surface area contributed by atoms with E-state index in [9.17, 15) is 4.79 Å². The van der Waals surface area contributed by atoms with E-state index in [1.54, 1.807) is 18.2 Å². The number of halogens is 2. The molecule has 1 rings (SSSR count). The number of hydrogen-bond donors (Lipinski definition) is 1. The molecule has 0 radical (unpaired) electrons. The molecule has 0 saturated carbocycles. The fraction of sp³-hybridized carbons (Fsp3) is 0.308. The summed E-state index contributed by atoms with van der Waals surface area (Å²) in [6.07, 6.45) is 6.51. The van der Waals surface area contributed by atoms with Crippen molar-refractivity contribution in [2.45, 2.75) is 25.8 Å². The van der Waals surface area contributed by atoms with E-state index >= 15 is 0 Å². The van der Waals surface area contributed by atoms with Crippen LogP contribution in [0.4, 0.5) is 0 Å². The predicted molar refractivity (Wildman–Crippen MR) is 71.5 cm³/mol. The topological polar surface area (TPSA) is 29.1 Å². The Hall–Kier alpha value is -1.17. The molecule has 1 aromatic carbocycles. The van der Waals surface area contributed by atoms with Crippen LogP contribution in [0.5, 0.6) is 0 Å². The molecule has 1 aromatic rings. The fourth-order valence-electron chi connectivity index (χ4n) is 1.38. The molecule has 1 unspecified atom stereocenters. The van der Waals surface area contributed by atoms with E-state index in [1.807, 2.05) is 6.92 Å². The first-order chi connectivity index (χ1) is 8.08. The second-order valence-corrected chi connectivity index (χ2v) is 4.45. The molecule has 90 valence electrons. The molecule has 0 spiro atoms. The van der Waals surface area contributed by atoms with E-state index in [1.165, 1.54) is 0 Å². The number of amides is 1. The maximum Gasteiger partial charge on any atom is 0.253 e. The van der Waals surface area contributed by atoms with Crippen LogP contribution in [0.2, 0.25) is 10.0 Å². The maximum absolute atomic E-state index is 11.9. The van der Waals surface area contributed by atoms with E-state index in [-0.39, 0.29) is 11.9 Å². The molecule has 0 aromatic heterocycles. The highest BCUT2D eigenvalue weighted by Gasteiger charge is 2.14. The molecule has 1 amide bonds. The Morgan fingerprint density at radius 1 is 1.53 bits per heavy atom. The van der Waals surface area contributed by atoms with Crippen molar-refractivity contribution in [3.05, 3.63) is 33.8 Å². The van der Waals surface area contributed by atoms with Gasteiger partial charge >= 0.3 is 0 Å². The molecule has 1 N–H and O–H groups in total. The van der Waals surface area contributed by atoms with Crippen molar-refractivity contribution in [1.82, 2.24) is 5.32 Å². The Morgan fingerprint density at radius 2 is 2.24 bits per heavy atom. The lowest BCUT2D eigenvalue weighted by Gasteiger charge is -2.14. The van der Waals surface area contributed by atoms with E-state index < -0.39 is 0 Å². The Balaban J connectivity index is 2.79. The SMILES string of the molecule is C#CCC(CC)NC(=O)c1ccc(Cl)cc1Cl. The normalized spacial score (nSPS) is 11.6. The molecule has 2 nitrogen and oxygen atoms in total. The highest BCUT2D eigenvalue weighted by molar-refractivity contribution is 6.36. The van der Waals surface area contributed by atoms with Crippen molar-refractivity contribution in [2.75, 3.05) is 0 Å². The molecule has 0 aliphatic carbocycles. The van der Waals surface area contributed by atoms with Gasteiger partial charge in [-0.25, -0.2) is 0 Å². The van der Waals surface area contributed by atoms with Gasteiger partial charge in [-0.3, -0.25) is 4.79 Å². The summed E-state index contributed by atoms with van der Waals surface area (Å²) in [5, 5.41) is 3.68. The van der Waals surface area contributed by atoms with Crippen LogP contribution in [-0.2, 0) is 0 Å². The molecule has 0 heterocycles. The summed E-state index contributed by atoms with van der Waals surface area (Å²) >= 11 is 11.7. The first-order valence-electron chi connectivity index (χ1n) is 5.27. The molecule has 17 heavy (non-hydrogen) atoms. The zero-order chi connectivity index (χ0) is 12.8. The van der Waals surface area contributed by atoms with Gasteiger partial charge in [-0.2, -0.15) is 0 Å². The second kappa shape index (κ2) is 6.54. The first kappa shape index (κ1) is 13.9. The molecule has 0 aliphatic heterocycles. The van der Waals surface area contributed by atoms with Crippen LogP contribution >= 0.6 is 23.2 Å². The summed E-state index contributed by atoms with van der Waals surface area (Å²) in [7, 11) is 0. The predicted octanol–water partition coefficient (Wildman–Crippen LogP) is 3.53. The number of terminal acetylenes is 1. The van der Waals surface area contributed by atoms with Gasteiger partial charge in [-0.15, -0.1) is 12.3 Å². The Morgan fingerprint density at radius 3 is 2.76 bits per heavy atom. The highest BCUT2D eigenvalue weighted by atomic mass is 35.5. The summed E-state index contributed by atoms with van der Waals surface area (Å²) < 4.78 is 0. The number of carbonyl (C=O) groups excluding carboxylic acids is 1. The van der Waals surface area contributed by atoms with Gasteiger partial charge in [0.15, 0.2) is 0 Å². The average molecular weight is 270 g/mol. The summed E-state index contributed by atoms with van der Waals surface area (Å²) in [6.45, 7) is 1.96. The Bertz CT molecular complexity index is 451. The summed E-state index contributed by atoms with van der Waals surface area (Å²) in [5.41, 5.74) is 0.409. The third-order valence-electron chi connectivity index (χ3n) is 2.37. The number of carbonyl (C=O) groups is 1. The van der Waals surface area contributed by atoms with Crippen LogP contribution in [0, 0.1) is 12.3 Å². The minimum Gasteiger partial charge on any atom is -0.348 e. The number of nitrogens with one attached hydrogen (secondary N) is 1. The van der Waals surface area contributed by atoms with Gasteiger partial charge in [-0.05, 0) is 24.6 Å². The van der Waals surface area contributed by atoms with Crippen LogP contribution < -0.4 is 5.32 Å². The van der Waals surface area contributed by atoms with Crippen molar-refractivity contribution in [1.29, 1.82) is 0 Å². The van der Waals surface area contributed by atoms with Gasteiger partial charge in [-0.1, -0.05) is 30.1 Å². The number of rotatable bonds is 4. The Kier molecular flexibility index (Phi) is 5.34. The zero-order valence-electron chi connectivity index (χ0n) is 9.47. The number of benzene rings is 1. The standard InChI is InChI=1S/C13H13Cl2NO/c1-3-5-10(4-2)16-13(17)11-7-6-9(14)8-12(11)15/h1,6-8,10H,4-5H2,2H3,(H,16,17). The van der Waals surface area contributed by atoms with Gasteiger partial charge in [0.05, 0.1) is 10.6 Å². The third-order valence-corrected chi connectivity index (χ3v) is 2.92. The molecule has 0 saturated heterocycles. The van der Waals surface area contributed by atoms with E-state index in [0.717, 1.165) is 6.42 Å². The molecule has 0 aliphatic rings. The summed E-state index contributed by atoms with van der Waals surface area (Å²) in [4.78, 5) is 11.9. The lowest BCUT2D eigenvalue weighted by Crippen LogP contribution is -2.34. The summed E-state index contributed by atoms with van der Waals surface area (Å²) in [6, 6.07) is 4.74. The van der Waals surface area contributed by atoms with Crippen LogP contribution in [0.1, 0.15) is 30.1 Å². The minimum absolute atomic E-state index is 0.0285. The lowest BCUT2D eigenvalue weighted by atomic mass is 10.1. The van der Waals surface area contributed by atoms with Crippen molar-refractivity contribution in [2.24, 2.45) is 0 Å². The molecule has 1 atom stereocenters. The smallest absolute Gasteiger partial charge is 0.253 e. The van der Waals surface area contributed by atoms with E-state index in [2.05, 4.69) is 11.2 Å². The zero-order valence-corrected chi connectivity index (χ0v) is 11.0. The molecular weight excluding hydrogens is 257 g/mol. The van der Waals surface area contributed by atoms with Crippen LogP contribution in [0.15, 0.2) is 18.2 Å². The molecular formula is C13H13Cl2NO. The van der Waals surface area contributed by atoms with Crippen molar-refractivity contribution < 1.29 is 4.79 Å². The van der Waals surface area contributed by atoms with Crippen LogP contribution in [-0.4, -0.2) is 11.9 Å². The van der Waals surface area contributed by atoms with Gasteiger partial charge in [0.2, 0.25) is 0 Å². The van der Waals surface area contributed by atoms with Crippen LogP contribution in [0.25, 0.3) is 0 Å². The highest BCUT2D eigenvalue weighted by Crippen LogP contribution is 2.21. The van der Waals surface area contributed by atoms with Gasteiger partial charge < -0.3 is 5.32 Å². The van der Waals surface area contributed by atoms with Crippen molar-refractivity contribution >= 4 is 29.1 Å². The van der Waals surface area contributed by atoms with E-state index in [0.29, 0.717) is 22.0 Å². The van der Waals surface area contributed by atoms with Gasteiger partial charge in [0.1, 0.15) is 0 Å². The lowest BCUT2D eigenvalue weighted by molar-refractivity contribution is 0.0937. The quantitative estimate of drug-likeness (QED) is 0.833. The third kappa shape index (κ3) is 3.96. The van der Waals surface area contributed by atoms with Crippen LogP contribution in [0.3, 0.4) is 0 Å². The van der Waals surface area contributed by atoms with Gasteiger partial charge in [0.25, 0.3) is 5.91 Å². The molecule has 0 fully saturated rings. The van der Waals surface area contributed by atoms with Crippen molar-refractivity contribution in [3.8, 4) is 12.3 Å². The molecule has 0 bridgehead atoms. The number of hydrogen-bond acceptors (Lipinski definition) is 1. The largest absolute Gasteiger partial charge is 0.348 e. The fourth-order valence-corrected chi connectivity index (χ4v) is 1.87. The minimum atomic E-state index is -0.228. The average Bonchev–Trinajstić information content (AvgIpc) is 2.28. The maximum atomic E-state index is 11.9. The molecule has 4 heteroatoms. The second-order valence-electron chi connectivity index (χ2n) is 3.61. The van der Waals surface area contributed by atoms with Crippen molar-refractivity contribution in [3.63, 3.8) is 0 Å². The van der Waals surface area contributed by atoms with Gasteiger partial charge in [0, 0.05) is 17.5 Å². The Labute approximate surface area is 111 Å². The van der Waals surface area contributed by atoms with E-state index in [4.69, 9.17) is 29.6 Å². The summed E-state index contributed by atoms with van der Waals surface area (Å²) in [5.74, 6) is 2.30. The monoisotopic (exact) mass is 269 g/mol. The first-order valence-corrected chi connectivity index (χ1v) is 6.03.